The molecule has 3 aromatic rings. The number of rotatable bonds is 4. The average molecular weight is 452 g/mol. The molecule has 0 fully saturated rings. The van der Waals surface area contributed by atoms with Crippen LogP contribution in [0.3, 0.4) is 0 Å². The summed E-state index contributed by atoms with van der Waals surface area (Å²) >= 11 is 0. The Kier molecular flexibility index (Phi) is 11.1. The summed E-state index contributed by atoms with van der Waals surface area (Å²) < 4.78 is 53.9. The fourth-order valence-corrected chi connectivity index (χ4v) is 2.22. The normalized spacial score (nSPS) is 9.56. The van der Waals surface area contributed by atoms with Crippen molar-refractivity contribution < 1.29 is 32.3 Å². The largest absolute Gasteiger partial charge is 0.707 e. The van der Waals surface area contributed by atoms with Crippen LogP contribution in [0.1, 0.15) is 0 Å². The number of anilines is 2. The maximum absolute atomic E-state index is 12.7. The summed E-state index contributed by atoms with van der Waals surface area (Å²) in [5, 5.41) is 16.4. The third kappa shape index (κ3) is 8.87. The van der Waals surface area contributed by atoms with Crippen LogP contribution in [0.5, 0.6) is 5.75 Å². The second-order valence-corrected chi connectivity index (χ2v) is 6.70. The Bertz CT molecular complexity index is 903. The molecule has 0 unspecified atom stereocenters. The summed E-state index contributed by atoms with van der Waals surface area (Å²) in [5.41, 5.74) is 2.50. The quantitative estimate of drug-likeness (QED) is 0.270. The molecule has 0 radical (unpaired) electrons. The van der Waals surface area contributed by atoms with Gasteiger partial charge in [0.15, 0.2) is 23.2 Å². The Morgan fingerprint density at radius 2 is 1.06 bits per heavy atom. The first-order valence-electron chi connectivity index (χ1n) is 9.35. The topological polar surface area (TPSA) is 56.2 Å². The van der Waals surface area contributed by atoms with Crippen molar-refractivity contribution >= 4 is 18.7 Å². The van der Waals surface area contributed by atoms with Gasteiger partial charge in [0.2, 0.25) is 5.82 Å². The molecule has 0 saturated carbocycles. The van der Waals surface area contributed by atoms with Crippen molar-refractivity contribution in [2.75, 3.05) is 38.0 Å². The molecule has 0 aliphatic rings. The van der Waals surface area contributed by atoms with Crippen molar-refractivity contribution in [3.05, 3.63) is 90.0 Å². The average Bonchev–Trinajstić information content (AvgIpc) is 2.77. The van der Waals surface area contributed by atoms with Gasteiger partial charge < -0.3 is 24.5 Å². The van der Waals surface area contributed by atoms with Gasteiger partial charge in [-0.05, 0) is 24.3 Å². The monoisotopic (exact) mass is 452 g/mol. The lowest BCUT2D eigenvalue weighted by Gasteiger charge is -2.10. The maximum Gasteiger partial charge on any atom is 0.707 e. The van der Waals surface area contributed by atoms with E-state index in [4.69, 9.17) is 10.0 Å². The molecule has 0 aliphatic heterocycles. The van der Waals surface area contributed by atoms with Gasteiger partial charge in [-0.25, -0.2) is 13.2 Å². The van der Waals surface area contributed by atoms with Crippen molar-refractivity contribution in [2.24, 2.45) is 0 Å². The zero-order valence-corrected chi connectivity index (χ0v) is 18.1. The Hall–Kier alpha value is -3.24. The van der Waals surface area contributed by atoms with Crippen LogP contribution < -0.4 is 14.5 Å². The highest BCUT2D eigenvalue weighted by atomic mass is 19.2. The molecule has 0 saturated heterocycles. The van der Waals surface area contributed by atoms with Crippen LogP contribution in [0.2, 0.25) is 0 Å². The standard InChI is InChI=1S/2C8H11N.C6H3BF4O3/c2*1-9(2)8-6-4-3-5-7-8;8-2-1-3(9)6(14-7(12)13)5(11)4(2)10/h2*3-7H,1-2H3;1,12-13H. The van der Waals surface area contributed by atoms with Gasteiger partial charge in [0.1, 0.15) is 0 Å². The molecule has 32 heavy (non-hydrogen) atoms. The Morgan fingerprint density at radius 3 is 1.38 bits per heavy atom. The van der Waals surface area contributed by atoms with E-state index in [-0.39, 0.29) is 6.07 Å². The van der Waals surface area contributed by atoms with E-state index in [0.29, 0.717) is 0 Å². The molecule has 0 aromatic heterocycles. The van der Waals surface area contributed by atoms with E-state index < -0.39 is 36.3 Å². The molecule has 3 aromatic carbocycles. The van der Waals surface area contributed by atoms with Crippen LogP contribution in [0.4, 0.5) is 28.9 Å². The molecule has 0 atom stereocenters. The molecule has 0 aliphatic carbocycles. The second-order valence-electron chi connectivity index (χ2n) is 6.70. The van der Waals surface area contributed by atoms with Crippen molar-refractivity contribution in [1.29, 1.82) is 0 Å². The number of hydrogen-bond donors (Lipinski definition) is 2. The fraction of sp³-hybridized carbons (Fsp3) is 0.182. The number of nitrogens with zero attached hydrogens (tertiary/aromatic N) is 2. The van der Waals surface area contributed by atoms with Gasteiger partial charge in [0.05, 0.1) is 0 Å². The van der Waals surface area contributed by atoms with Crippen LogP contribution in [0, 0.1) is 23.3 Å². The lowest BCUT2D eigenvalue weighted by molar-refractivity contribution is 0.269. The van der Waals surface area contributed by atoms with Gasteiger partial charge in [-0.15, -0.1) is 0 Å². The predicted molar refractivity (Wildman–Crippen MR) is 119 cm³/mol. The fourth-order valence-electron chi connectivity index (χ4n) is 2.22. The van der Waals surface area contributed by atoms with Crippen molar-refractivity contribution in [3.8, 4) is 5.75 Å². The summed E-state index contributed by atoms with van der Waals surface area (Å²) in [4.78, 5) is 4.17. The van der Waals surface area contributed by atoms with Crippen LogP contribution >= 0.6 is 0 Å². The van der Waals surface area contributed by atoms with Gasteiger partial charge in [-0.3, -0.25) is 0 Å². The van der Waals surface area contributed by atoms with Crippen LogP contribution in [-0.2, 0) is 0 Å². The minimum atomic E-state index is -2.52. The summed E-state index contributed by atoms with van der Waals surface area (Å²) in [5.74, 6) is -8.62. The van der Waals surface area contributed by atoms with E-state index in [1.165, 1.54) is 11.4 Å². The molecular formula is C22H25BF4N2O3. The Labute approximate surface area is 185 Å². The lowest BCUT2D eigenvalue weighted by Crippen LogP contribution is -2.22. The molecule has 172 valence electrons. The van der Waals surface area contributed by atoms with Crippen molar-refractivity contribution in [2.45, 2.75) is 0 Å². The highest BCUT2D eigenvalue weighted by molar-refractivity contribution is 6.33. The first kappa shape index (κ1) is 26.8. The highest BCUT2D eigenvalue weighted by Crippen LogP contribution is 2.25. The zero-order chi connectivity index (χ0) is 24.3. The van der Waals surface area contributed by atoms with Crippen molar-refractivity contribution in [1.82, 2.24) is 0 Å². The molecule has 0 bridgehead atoms. The summed E-state index contributed by atoms with van der Waals surface area (Å²) in [6.07, 6.45) is 0. The molecular weight excluding hydrogens is 427 g/mol. The van der Waals surface area contributed by atoms with Crippen LogP contribution in [0.25, 0.3) is 0 Å². The van der Waals surface area contributed by atoms with Gasteiger partial charge in [-0.2, -0.15) is 4.39 Å². The third-order valence-corrected chi connectivity index (χ3v) is 3.84. The van der Waals surface area contributed by atoms with E-state index in [9.17, 15) is 17.6 Å². The molecule has 0 heterocycles. The molecule has 2 N–H and O–H groups in total. The van der Waals surface area contributed by atoms with Gasteiger partial charge >= 0.3 is 7.32 Å². The molecule has 10 heteroatoms. The van der Waals surface area contributed by atoms with E-state index in [0.717, 1.165) is 0 Å². The maximum atomic E-state index is 12.7. The first-order valence-corrected chi connectivity index (χ1v) is 9.35. The molecule has 0 amide bonds. The summed E-state index contributed by atoms with van der Waals surface area (Å²) in [7, 11) is 5.62. The minimum Gasteiger partial charge on any atom is -0.507 e. The first-order chi connectivity index (χ1) is 15.0. The van der Waals surface area contributed by atoms with E-state index in [2.05, 4.69) is 38.7 Å². The van der Waals surface area contributed by atoms with E-state index in [1.807, 2.05) is 64.6 Å². The van der Waals surface area contributed by atoms with E-state index in [1.54, 1.807) is 0 Å². The van der Waals surface area contributed by atoms with Gasteiger partial charge in [-0.1, -0.05) is 36.4 Å². The lowest BCUT2D eigenvalue weighted by atomic mass is 10.2. The number of hydrogen-bond acceptors (Lipinski definition) is 5. The molecule has 5 nitrogen and oxygen atoms in total. The Morgan fingerprint density at radius 1 is 0.656 bits per heavy atom. The number of benzene rings is 3. The number of para-hydroxylation sites is 2. The minimum absolute atomic E-state index is 0.0239. The number of halogens is 4. The summed E-state index contributed by atoms with van der Waals surface area (Å²) in [6, 6.07) is 20.5. The third-order valence-electron chi connectivity index (χ3n) is 3.84. The summed E-state index contributed by atoms with van der Waals surface area (Å²) in [6.45, 7) is 0. The van der Waals surface area contributed by atoms with E-state index >= 15 is 0 Å². The SMILES string of the molecule is CN(C)c1ccccc1.CN(C)c1ccccc1.OB(O)Oc1c(F)cc(F)c(F)c1F. The molecule has 0 spiro atoms. The second kappa shape index (κ2) is 13.2. The van der Waals surface area contributed by atoms with Crippen LogP contribution in [-0.4, -0.2) is 45.6 Å². The highest BCUT2D eigenvalue weighted by Gasteiger charge is 2.24. The smallest absolute Gasteiger partial charge is 0.507 e. The van der Waals surface area contributed by atoms with Gasteiger partial charge in [0, 0.05) is 45.6 Å². The Balaban J connectivity index is 0.000000250. The van der Waals surface area contributed by atoms with Gasteiger partial charge in [0.25, 0.3) is 0 Å². The molecule has 3 rings (SSSR count). The van der Waals surface area contributed by atoms with Crippen LogP contribution in [0.15, 0.2) is 66.7 Å². The predicted octanol–water partition coefficient (Wildman–Crippen LogP) is 4.10. The zero-order valence-electron chi connectivity index (χ0n) is 18.1. The van der Waals surface area contributed by atoms with Crippen molar-refractivity contribution in [3.63, 3.8) is 0 Å².